The van der Waals surface area contributed by atoms with Gasteiger partial charge in [-0.05, 0) is 60.3 Å². The van der Waals surface area contributed by atoms with Gasteiger partial charge >= 0.3 is 11.9 Å². The van der Waals surface area contributed by atoms with Gasteiger partial charge in [-0.1, -0.05) is 62.8 Å². The van der Waals surface area contributed by atoms with Crippen molar-refractivity contribution in [2.45, 2.75) is 51.4 Å². The molecule has 182 valence electrons. The highest BCUT2D eigenvalue weighted by atomic mass is 35.5. The van der Waals surface area contributed by atoms with Gasteiger partial charge in [0.2, 0.25) is 0 Å². The summed E-state index contributed by atoms with van der Waals surface area (Å²) in [6.07, 6.45) is 7.61. The minimum Gasteiger partial charge on any atom is -0.462 e. The summed E-state index contributed by atoms with van der Waals surface area (Å²) < 4.78 is 10.5. The molecule has 0 saturated heterocycles. The van der Waals surface area contributed by atoms with Crippen LogP contribution < -0.4 is 0 Å². The number of benzene rings is 2. The molecule has 0 N–H and O–H groups in total. The fraction of sp³-hybridized carbons (Fsp3) is 0.385. The van der Waals surface area contributed by atoms with Crippen molar-refractivity contribution in [2.24, 2.45) is 0 Å². The van der Waals surface area contributed by atoms with E-state index < -0.39 is 22.4 Å². The molecule has 0 amide bonds. The second-order valence-electron chi connectivity index (χ2n) is 7.74. The zero-order valence-corrected chi connectivity index (χ0v) is 20.4. The summed E-state index contributed by atoms with van der Waals surface area (Å²) >= 11 is 11.0. The molecule has 2 aromatic rings. The molecule has 0 heterocycles. The van der Waals surface area contributed by atoms with Gasteiger partial charge in [-0.15, -0.1) is 0 Å². The third-order valence-electron chi connectivity index (χ3n) is 5.22. The Labute approximate surface area is 209 Å². The number of ether oxygens (including phenoxy) is 2. The molecule has 0 radical (unpaired) electrons. The van der Waals surface area contributed by atoms with Gasteiger partial charge in [0.05, 0.1) is 24.3 Å². The fourth-order valence-corrected chi connectivity index (χ4v) is 3.74. The number of carbonyl (C=O) groups excluding carboxylic acids is 4. The molecule has 0 fully saturated rings. The highest BCUT2D eigenvalue weighted by Crippen LogP contribution is 2.15. The Morgan fingerprint density at radius 2 is 0.794 bits per heavy atom. The number of halogens is 2. The zero-order valence-electron chi connectivity index (χ0n) is 18.9. The van der Waals surface area contributed by atoms with Crippen LogP contribution in [-0.2, 0) is 9.47 Å². The van der Waals surface area contributed by atoms with E-state index in [4.69, 9.17) is 32.7 Å². The second-order valence-corrected chi connectivity index (χ2v) is 8.43. The van der Waals surface area contributed by atoms with Crippen LogP contribution in [0.2, 0.25) is 0 Å². The number of rotatable bonds is 15. The molecule has 0 spiro atoms. The van der Waals surface area contributed by atoms with Crippen LogP contribution in [-0.4, -0.2) is 35.6 Å². The van der Waals surface area contributed by atoms with E-state index in [1.165, 1.54) is 24.3 Å². The largest absolute Gasteiger partial charge is 0.462 e. The van der Waals surface area contributed by atoms with Crippen LogP contribution in [0.25, 0.3) is 0 Å². The molecule has 0 aliphatic heterocycles. The van der Waals surface area contributed by atoms with Gasteiger partial charge < -0.3 is 9.47 Å². The smallest absolute Gasteiger partial charge is 0.338 e. The first-order valence-electron chi connectivity index (χ1n) is 11.3. The molecular formula is C26H28Cl2O6. The van der Waals surface area contributed by atoms with E-state index in [1.54, 1.807) is 24.3 Å². The molecular weight excluding hydrogens is 479 g/mol. The van der Waals surface area contributed by atoms with Crippen LogP contribution in [0, 0.1) is 0 Å². The summed E-state index contributed by atoms with van der Waals surface area (Å²) in [7, 11) is 0. The predicted octanol–water partition coefficient (Wildman–Crippen LogP) is 6.58. The van der Waals surface area contributed by atoms with E-state index in [0.29, 0.717) is 13.2 Å². The average molecular weight is 507 g/mol. The Hall–Kier alpha value is -2.70. The maximum Gasteiger partial charge on any atom is 0.338 e. The van der Waals surface area contributed by atoms with Crippen LogP contribution in [0.15, 0.2) is 48.5 Å². The summed E-state index contributed by atoms with van der Waals surface area (Å²) in [5.74, 6) is -1.08. The third-order valence-corrected chi connectivity index (χ3v) is 5.63. The Bertz CT molecular complexity index is 909. The number of carbonyl (C=O) groups is 4. The highest BCUT2D eigenvalue weighted by Gasteiger charge is 2.17. The molecule has 0 bridgehead atoms. The van der Waals surface area contributed by atoms with E-state index in [1.807, 2.05) is 0 Å². The normalized spacial score (nSPS) is 10.5. The first-order valence-corrected chi connectivity index (χ1v) is 12.1. The maximum absolute atomic E-state index is 12.1. The van der Waals surface area contributed by atoms with Crippen LogP contribution in [0.4, 0.5) is 0 Å². The molecule has 2 rings (SSSR count). The van der Waals surface area contributed by atoms with Crippen LogP contribution in [0.1, 0.15) is 92.8 Å². The number of unbranched alkanes of at least 4 members (excludes halogenated alkanes) is 7. The standard InChI is InChI=1S/C26H28Cl2O6/c27-23(29)19-13-7-9-15-21(19)25(31)33-17-11-5-3-1-2-4-6-12-18-34-26(32)22-16-10-8-14-20(22)24(28)30/h7-10,13-16H,1-6,11-12,17-18H2. The molecule has 0 atom stereocenters. The lowest BCUT2D eigenvalue weighted by Crippen LogP contribution is -2.10. The second kappa shape index (κ2) is 15.3. The lowest BCUT2D eigenvalue weighted by Gasteiger charge is -2.08. The number of hydrogen-bond acceptors (Lipinski definition) is 6. The summed E-state index contributed by atoms with van der Waals surface area (Å²) in [5.41, 5.74) is 0.674. The maximum atomic E-state index is 12.1. The van der Waals surface area contributed by atoms with Crippen molar-refractivity contribution < 1.29 is 28.7 Å². The summed E-state index contributed by atoms with van der Waals surface area (Å²) in [4.78, 5) is 47.0. The molecule has 0 aromatic heterocycles. The Balaban J connectivity index is 1.48. The molecule has 34 heavy (non-hydrogen) atoms. The van der Waals surface area contributed by atoms with Gasteiger partial charge in [0.25, 0.3) is 10.5 Å². The van der Waals surface area contributed by atoms with Crippen molar-refractivity contribution in [1.29, 1.82) is 0 Å². The van der Waals surface area contributed by atoms with Crippen molar-refractivity contribution in [3.05, 3.63) is 70.8 Å². The first-order chi connectivity index (χ1) is 16.4. The summed E-state index contributed by atoms with van der Waals surface area (Å²) in [6.45, 7) is 0.598. The zero-order chi connectivity index (χ0) is 24.8. The molecule has 0 saturated carbocycles. The minimum atomic E-state index is -0.682. The predicted molar refractivity (Wildman–Crippen MR) is 131 cm³/mol. The lowest BCUT2D eigenvalue weighted by atomic mass is 10.1. The van der Waals surface area contributed by atoms with Gasteiger partial charge in [0.1, 0.15) is 0 Å². The number of esters is 2. The fourth-order valence-electron chi connectivity index (χ4n) is 3.42. The lowest BCUT2D eigenvalue weighted by molar-refractivity contribution is 0.0486. The topological polar surface area (TPSA) is 86.7 Å². The van der Waals surface area contributed by atoms with E-state index in [-0.39, 0.29) is 22.3 Å². The van der Waals surface area contributed by atoms with Gasteiger partial charge in [0.15, 0.2) is 0 Å². The molecule has 8 heteroatoms. The summed E-state index contributed by atoms with van der Waals surface area (Å²) in [6, 6.07) is 12.7. The van der Waals surface area contributed by atoms with Gasteiger partial charge in [-0.3, -0.25) is 9.59 Å². The molecule has 0 unspecified atom stereocenters. The molecule has 0 aliphatic rings. The Morgan fingerprint density at radius 1 is 0.500 bits per heavy atom. The van der Waals surface area contributed by atoms with E-state index in [9.17, 15) is 19.2 Å². The monoisotopic (exact) mass is 506 g/mol. The number of hydrogen-bond donors (Lipinski definition) is 0. The van der Waals surface area contributed by atoms with Crippen molar-refractivity contribution in [3.8, 4) is 0 Å². The van der Waals surface area contributed by atoms with E-state index in [2.05, 4.69) is 0 Å². The van der Waals surface area contributed by atoms with Gasteiger partial charge in [-0.2, -0.15) is 0 Å². The molecule has 6 nitrogen and oxygen atoms in total. The molecule has 0 aliphatic carbocycles. The highest BCUT2D eigenvalue weighted by molar-refractivity contribution is 6.68. The van der Waals surface area contributed by atoms with Crippen molar-refractivity contribution in [3.63, 3.8) is 0 Å². The quantitative estimate of drug-likeness (QED) is 0.154. The Kier molecular flexibility index (Phi) is 12.4. The van der Waals surface area contributed by atoms with Gasteiger partial charge in [0, 0.05) is 11.1 Å². The SMILES string of the molecule is O=C(Cl)c1ccccc1C(=O)OCCCCCCCCCCOC(=O)c1ccccc1C(=O)Cl. The van der Waals surface area contributed by atoms with E-state index in [0.717, 1.165) is 51.4 Å². The van der Waals surface area contributed by atoms with E-state index >= 15 is 0 Å². The first kappa shape index (κ1) is 27.5. The van der Waals surface area contributed by atoms with Crippen LogP contribution in [0.3, 0.4) is 0 Å². The Morgan fingerprint density at radius 3 is 1.12 bits per heavy atom. The van der Waals surface area contributed by atoms with Gasteiger partial charge in [-0.25, -0.2) is 9.59 Å². The van der Waals surface area contributed by atoms with Crippen molar-refractivity contribution in [1.82, 2.24) is 0 Å². The summed E-state index contributed by atoms with van der Waals surface area (Å²) in [5, 5.41) is -1.36. The average Bonchev–Trinajstić information content (AvgIpc) is 2.84. The van der Waals surface area contributed by atoms with Crippen molar-refractivity contribution in [2.75, 3.05) is 13.2 Å². The van der Waals surface area contributed by atoms with Crippen molar-refractivity contribution >= 4 is 45.6 Å². The third kappa shape index (κ3) is 9.27. The van der Waals surface area contributed by atoms with Crippen LogP contribution >= 0.6 is 23.2 Å². The minimum absolute atomic E-state index is 0.152. The van der Waals surface area contributed by atoms with Crippen LogP contribution in [0.5, 0.6) is 0 Å². The molecule has 2 aromatic carbocycles.